The average Bonchev–Trinajstić information content (AvgIpc) is 2.38. The molecule has 0 radical (unpaired) electrons. The van der Waals surface area contributed by atoms with E-state index < -0.39 is 0 Å². The topological polar surface area (TPSA) is 55.1 Å². The molecule has 2 rings (SSSR count). The Morgan fingerprint density at radius 2 is 1.89 bits per heavy atom. The SMILES string of the molecule is Nc1ccc(CNC(=O)c2cccc(I)c2)cc1. The minimum absolute atomic E-state index is 0.0645. The Balaban J connectivity index is 1.98. The zero-order valence-corrected chi connectivity index (χ0v) is 11.8. The van der Waals surface area contributed by atoms with E-state index in [9.17, 15) is 4.79 Å². The quantitative estimate of drug-likeness (QED) is 0.659. The first-order chi connectivity index (χ1) is 8.65. The van der Waals surface area contributed by atoms with Crippen molar-refractivity contribution in [2.75, 3.05) is 5.73 Å². The van der Waals surface area contributed by atoms with E-state index in [0.717, 1.165) is 14.8 Å². The lowest BCUT2D eigenvalue weighted by Gasteiger charge is -2.06. The summed E-state index contributed by atoms with van der Waals surface area (Å²) in [4.78, 5) is 11.9. The number of nitrogen functional groups attached to an aromatic ring is 1. The van der Waals surface area contributed by atoms with Gasteiger partial charge in [0.05, 0.1) is 0 Å². The van der Waals surface area contributed by atoms with Crippen LogP contribution in [-0.2, 0) is 6.54 Å². The van der Waals surface area contributed by atoms with Gasteiger partial charge in [0.25, 0.3) is 5.91 Å². The Kier molecular flexibility index (Phi) is 4.19. The summed E-state index contributed by atoms with van der Waals surface area (Å²) in [7, 11) is 0. The number of carbonyl (C=O) groups excluding carboxylic acids is 1. The molecule has 0 aliphatic rings. The second-order valence-electron chi connectivity index (χ2n) is 3.93. The van der Waals surface area contributed by atoms with Gasteiger partial charge in [0.2, 0.25) is 0 Å². The number of nitrogens with two attached hydrogens (primary N) is 1. The van der Waals surface area contributed by atoms with E-state index in [1.165, 1.54) is 0 Å². The Hall–Kier alpha value is -1.56. The van der Waals surface area contributed by atoms with Crippen LogP contribution >= 0.6 is 22.6 Å². The van der Waals surface area contributed by atoms with Gasteiger partial charge in [-0.25, -0.2) is 0 Å². The van der Waals surface area contributed by atoms with Gasteiger partial charge < -0.3 is 11.1 Å². The summed E-state index contributed by atoms with van der Waals surface area (Å²) >= 11 is 2.19. The maximum atomic E-state index is 11.9. The second kappa shape index (κ2) is 5.86. The van der Waals surface area contributed by atoms with E-state index in [1.54, 1.807) is 6.07 Å². The minimum Gasteiger partial charge on any atom is -0.399 e. The average molecular weight is 352 g/mol. The molecule has 4 heteroatoms. The van der Waals surface area contributed by atoms with Crippen LogP contribution in [-0.4, -0.2) is 5.91 Å². The van der Waals surface area contributed by atoms with Gasteiger partial charge in [0, 0.05) is 21.4 Å². The van der Waals surface area contributed by atoms with Crippen molar-refractivity contribution in [2.24, 2.45) is 0 Å². The number of anilines is 1. The molecule has 0 unspecified atom stereocenters. The third-order valence-corrected chi connectivity index (χ3v) is 3.19. The third-order valence-electron chi connectivity index (χ3n) is 2.52. The molecular formula is C14H13IN2O. The highest BCUT2D eigenvalue weighted by atomic mass is 127. The maximum absolute atomic E-state index is 11.9. The molecule has 0 bridgehead atoms. The van der Waals surface area contributed by atoms with Crippen molar-refractivity contribution in [3.05, 3.63) is 63.2 Å². The molecule has 0 aliphatic heterocycles. The molecule has 92 valence electrons. The number of rotatable bonds is 3. The van der Waals surface area contributed by atoms with E-state index in [0.29, 0.717) is 12.1 Å². The molecule has 3 N–H and O–H groups in total. The first-order valence-corrected chi connectivity index (χ1v) is 6.61. The summed E-state index contributed by atoms with van der Waals surface area (Å²) in [5, 5.41) is 2.88. The number of amides is 1. The fourth-order valence-corrected chi connectivity index (χ4v) is 2.09. The fourth-order valence-electron chi connectivity index (χ4n) is 1.55. The van der Waals surface area contributed by atoms with E-state index in [-0.39, 0.29) is 5.91 Å². The molecule has 0 saturated carbocycles. The Bertz CT molecular complexity index is 552. The summed E-state index contributed by atoms with van der Waals surface area (Å²) in [5.41, 5.74) is 8.04. The van der Waals surface area contributed by atoms with Crippen LogP contribution < -0.4 is 11.1 Å². The Morgan fingerprint density at radius 3 is 2.56 bits per heavy atom. The maximum Gasteiger partial charge on any atom is 0.251 e. The lowest BCUT2D eigenvalue weighted by atomic mass is 10.2. The zero-order chi connectivity index (χ0) is 13.0. The van der Waals surface area contributed by atoms with Gasteiger partial charge in [-0.1, -0.05) is 18.2 Å². The third kappa shape index (κ3) is 3.46. The van der Waals surface area contributed by atoms with E-state index in [1.807, 2.05) is 42.5 Å². The highest BCUT2D eigenvalue weighted by Gasteiger charge is 2.05. The van der Waals surface area contributed by atoms with Crippen LogP contribution in [0.15, 0.2) is 48.5 Å². The number of benzene rings is 2. The number of hydrogen-bond donors (Lipinski definition) is 2. The molecule has 0 atom stereocenters. The van der Waals surface area contributed by atoms with Crippen molar-refractivity contribution in [3.63, 3.8) is 0 Å². The summed E-state index contributed by atoms with van der Waals surface area (Å²) in [6, 6.07) is 15.0. The highest BCUT2D eigenvalue weighted by Crippen LogP contribution is 2.09. The standard InChI is InChI=1S/C14H13IN2O/c15-12-3-1-2-11(8-12)14(18)17-9-10-4-6-13(16)7-5-10/h1-8H,9,16H2,(H,17,18). The molecule has 3 nitrogen and oxygen atoms in total. The van der Waals surface area contributed by atoms with Crippen LogP contribution in [0.3, 0.4) is 0 Å². The van der Waals surface area contributed by atoms with Crippen molar-refractivity contribution in [1.29, 1.82) is 0 Å². The summed E-state index contributed by atoms with van der Waals surface area (Å²) in [6.07, 6.45) is 0. The molecule has 0 aliphatic carbocycles. The van der Waals surface area contributed by atoms with E-state index in [4.69, 9.17) is 5.73 Å². The Morgan fingerprint density at radius 1 is 1.17 bits per heavy atom. The van der Waals surface area contributed by atoms with Gasteiger partial charge in [-0.3, -0.25) is 4.79 Å². The van der Waals surface area contributed by atoms with Crippen molar-refractivity contribution in [1.82, 2.24) is 5.32 Å². The van der Waals surface area contributed by atoms with Crippen LogP contribution in [0, 0.1) is 3.57 Å². The Labute approximate surface area is 120 Å². The summed E-state index contributed by atoms with van der Waals surface area (Å²) in [5.74, 6) is -0.0645. The largest absolute Gasteiger partial charge is 0.399 e. The predicted octanol–water partition coefficient (Wildman–Crippen LogP) is 2.80. The molecule has 0 aromatic heterocycles. The highest BCUT2D eigenvalue weighted by molar-refractivity contribution is 14.1. The lowest BCUT2D eigenvalue weighted by molar-refractivity contribution is 0.0951. The van der Waals surface area contributed by atoms with Gasteiger partial charge in [-0.2, -0.15) is 0 Å². The number of nitrogens with one attached hydrogen (secondary N) is 1. The fraction of sp³-hybridized carbons (Fsp3) is 0.0714. The lowest BCUT2D eigenvalue weighted by Crippen LogP contribution is -2.22. The molecule has 0 fully saturated rings. The molecule has 18 heavy (non-hydrogen) atoms. The van der Waals surface area contributed by atoms with Gasteiger partial charge in [0.15, 0.2) is 0 Å². The first-order valence-electron chi connectivity index (χ1n) is 5.53. The minimum atomic E-state index is -0.0645. The van der Waals surface area contributed by atoms with Crippen LogP contribution in [0.2, 0.25) is 0 Å². The van der Waals surface area contributed by atoms with Crippen LogP contribution in [0.4, 0.5) is 5.69 Å². The van der Waals surface area contributed by atoms with Crippen LogP contribution in [0.25, 0.3) is 0 Å². The smallest absolute Gasteiger partial charge is 0.251 e. The molecular weight excluding hydrogens is 339 g/mol. The van der Waals surface area contributed by atoms with Gasteiger partial charge in [-0.05, 0) is 58.5 Å². The number of halogens is 1. The normalized spacial score (nSPS) is 10.1. The zero-order valence-electron chi connectivity index (χ0n) is 9.69. The molecule has 0 heterocycles. The van der Waals surface area contributed by atoms with E-state index >= 15 is 0 Å². The summed E-state index contributed by atoms with van der Waals surface area (Å²) in [6.45, 7) is 0.505. The van der Waals surface area contributed by atoms with Crippen molar-refractivity contribution >= 4 is 34.2 Å². The number of hydrogen-bond acceptors (Lipinski definition) is 2. The first kappa shape index (κ1) is 12.9. The number of carbonyl (C=O) groups is 1. The van der Waals surface area contributed by atoms with Crippen LogP contribution in [0.5, 0.6) is 0 Å². The van der Waals surface area contributed by atoms with Crippen molar-refractivity contribution in [3.8, 4) is 0 Å². The molecule has 0 spiro atoms. The predicted molar refractivity (Wildman–Crippen MR) is 81.2 cm³/mol. The van der Waals surface area contributed by atoms with E-state index in [2.05, 4.69) is 27.9 Å². The van der Waals surface area contributed by atoms with Crippen LogP contribution in [0.1, 0.15) is 15.9 Å². The van der Waals surface area contributed by atoms with Gasteiger partial charge in [0.1, 0.15) is 0 Å². The van der Waals surface area contributed by atoms with Crippen molar-refractivity contribution < 1.29 is 4.79 Å². The molecule has 1 amide bonds. The molecule has 0 saturated heterocycles. The summed E-state index contributed by atoms with van der Waals surface area (Å²) < 4.78 is 1.05. The van der Waals surface area contributed by atoms with Gasteiger partial charge >= 0.3 is 0 Å². The molecule has 2 aromatic carbocycles. The monoisotopic (exact) mass is 352 g/mol. The second-order valence-corrected chi connectivity index (χ2v) is 5.18. The van der Waals surface area contributed by atoms with Crippen molar-refractivity contribution in [2.45, 2.75) is 6.54 Å². The molecule has 2 aromatic rings. The van der Waals surface area contributed by atoms with Gasteiger partial charge in [-0.15, -0.1) is 0 Å².